The van der Waals surface area contributed by atoms with Gasteiger partial charge in [-0.1, -0.05) is 25.7 Å². The summed E-state index contributed by atoms with van der Waals surface area (Å²) in [5, 5.41) is 0. The van der Waals surface area contributed by atoms with Crippen LogP contribution >= 0.6 is 0 Å². The van der Waals surface area contributed by atoms with Crippen molar-refractivity contribution in [3.05, 3.63) is 24.0 Å². The summed E-state index contributed by atoms with van der Waals surface area (Å²) in [4.78, 5) is 16.1. The molecule has 18 heavy (non-hydrogen) atoms. The minimum atomic E-state index is 0.191. The first-order valence-corrected chi connectivity index (χ1v) is 6.90. The average Bonchev–Trinajstić information content (AvgIpc) is 2.90. The van der Waals surface area contributed by atoms with Crippen molar-refractivity contribution in [2.24, 2.45) is 5.92 Å². The van der Waals surface area contributed by atoms with Crippen molar-refractivity contribution in [3.63, 3.8) is 0 Å². The van der Waals surface area contributed by atoms with Crippen LogP contribution in [0, 0.1) is 5.92 Å². The monoisotopic (exact) mass is 247 g/mol. The number of rotatable bonds is 6. The molecule has 2 rings (SSSR count). The third kappa shape index (κ3) is 3.56. The molecule has 3 nitrogen and oxygen atoms in total. The number of carbonyl (C=O) groups excluding carboxylic acids is 1. The molecule has 0 N–H and O–H groups in total. The number of ketones is 1. The molecular formula is C15H21NO2. The normalized spacial score (nSPS) is 15.8. The molecule has 3 heteroatoms. The van der Waals surface area contributed by atoms with Gasteiger partial charge in [0, 0.05) is 18.2 Å². The van der Waals surface area contributed by atoms with Crippen LogP contribution in [-0.2, 0) is 0 Å². The van der Waals surface area contributed by atoms with Crippen LogP contribution in [0.3, 0.4) is 0 Å². The molecule has 1 aliphatic rings. The molecular weight excluding hydrogens is 226 g/mol. The van der Waals surface area contributed by atoms with E-state index in [9.17, 15) is 4.79 Å². The van der Waals surface area contributed by atoms with E-state index in [1.54, 1.807) is 18.5 Å². The molecule has 1 aromatic heterocycles. The standard InChI is InChI=1S/C15H21NO2/c1-2-18-14-9-13(10-16-11-14)15(17)8-7-12-5-3-4-6-12/h9-12H,2-8H2,1H3. The fraction of sp³-hybridized carbons (Fsp3) is 0.600. The fourth-order valence-corrected chi connectivity index (χ4v) is 2.60. The lowest BCUT2D eigenvalue weighted by molar-refractivity contribution is 0.0973. The topological polar surface area (TPSA) is 39.2 Å². The van der Waals surface area contributed by atoms with Gasteiger partial charge in [-0.3, -0.25) is 9.78 Å². The van der Waals surface area contributed by atoms with Crippen LogP contribution in [-0.4, -0.2) is 17.4 Å². The van der Waals surface area contributed by atoms with Crippen molar-refractivity contribution >= 4 is 5.78 Å². The summed E-state index contributed by atoms with van der Waals surface area (Å²) in [6, 6.07) is 1.80. The molecule has 0 bridgehead atoms. The van der Waals surface area contributed by atoms with Gasteiger partial charge in [0.15, 0.2) is 5.78 Å². The molecule has 0 aromatic carbocycles. The number of ether oxygens (including phenoxy) is 1. The van der Waals surface area contributed by atoms with Gasteiger partial charge < -0.3 is 4.74 Å². The molecule has 1 aliphatic carbocycles. The Hall–Kier alpha value is -1.38. The van der Waals surface area contributed by atoms with E-state index in [1.165, 1.54) is 25.7 Å². The maximum atomic E-state index is 12.1. The molecule has 1 fully saturated rings. The van der Waals surface area contributed by atoms with Gasteiger partial charge in [-0.2, -0.15) is 0 Å². The molecule has 0 saturated heterocycles. The minimum absolute atomic E-state index is 0.191. The van der Waals surface area contributed by atoms with Crippen LogP contribution in [0.2, 0.25) is 0 Å². The van der Waals surface area contributed by atoms with Gasteiger partial charge in [-0.05, 0) is 25.3 Å². The lowest BCUT2D eigenvalue weighted by Gasteiger charge is -2.08. The second-order valence-corrected chi connectivity index (χ2v) is 4.95. The number of nitrogens with zero attached hydrogens (tertiary/aromatic N) is 1. The number of pyridine rings is 1. The van der Waals surface area contributed by atoms with Crippen molar-refractivity contribution in [1.29, 1.82) is 0 Å². The Labute approximate surface area is 109 Å². The lowest BCUT2D eigenvalue weighted by Crippen LogP contribution is -2.04. The Balaban J connectivity index is 1.89. The predicted molar refractivity (Wildman–Crippen MR) is 70.9 cm³/mol. The first kappa shape index (κ1) is 13.1. The zero-order valence-corrected chi connectivity index (χ0v) is 11.0. The van der Waals surface area contributed by atoms with Crippen molar-refractivity contribution in [2.75, 3.05) is 6.61 Å². The highest BCUT2D eigenvalue weighted by Crippen LogP contribution is 2.29. The Morgan fingerprint density at radius 2 is 2.17 bits per heavy atom. The zero-order chi connectivity index (χ0) is 12.8. The van der Waals surface area contributed by atoms with E-state index >= 15 is 0 Å². The fourth-order valence-electron chi connectivity index (χ4n) is 2.60. The van der Waals surface area contributed by atoms with E-state index in [-0.39, 0.29) is 5.78 Å². The maximum absolute atomic E-state index is 12.1. The number of hydrogen-bond acceptors (Lipinski definition) is 3. The van der Waals surface area contributed by atoms with Crippen molar-refractivity contribution in [1.82, 2.24) is 4.98 Å². The first-order chi connectivity index (χ1) is 8.79. The van der Waals surface area contributed by atoms with E-state index in [4.69, 9.17) is 4.74 Å². The number of hydrogen-bond donors (Lipinski definition) is 0. The van der Waals surface area contributed by atoms with Gasteiger partial charge in [0.2, 0.25) is 0 Å². The van der Waals surface area contributed by atoms with Gasteiger partial charge in [0.25, 0.3) is 0 Å². The summed E-state index contributed by atoms with van der Waals surface area (Å²) >= 11 is 0. The number of aromatic nitrogens is 1. The van der Waals surface area contributed by atoms with E-state index in [0.717, 1.165) is 12.3 Å². The summed E-state index contributed by atoms with van der Waals surface area (Å²) in [5.41, 5.74) is 0.680. The zero-order valence-electron chi connectivity index (χ0n) is 11.0. The number of Topliss-reactive ketones (excluding diaryl/α,β-unsaturated/α-hetero) is 1. The molecule has 1 saturated carbocycles. The Morgan fingerprint density at radius 1 is 1.39 bits per heavy atom. The van der Waals surface area contributed by atoms with E-state index < -0.39 is 0 Å². The average molecular weight is 247 g/mol. The Bertz CT molecular complexity index is 397. The summed E-state index contributed by atoms with van der Waals surface area (Å²) in [6.07, 6.45) is 10.2. The van der Waals surface area contributed by atoms with E-state index in [2.05, 4.69) is 4.98 Å². The highest BCUT2D eigenvalue weighted by Gasteiger charge is 2.17. The van der Waals surface area contributed by atoms with Crippen LogP contribution in [0.15, 0.2) is 18.5 Å². The maximum Gasteiger partial charge on any atom is 0.164 e. The predicted octanol–water partition coefficient (Wildman–Crippen LogP) is 3.63. The quantitative estimate of drug-likeness (QED) is 0.720. The van der Waals surface area contributed by atoms with Gasteiger partial charge in [0.1, 0.15) is 5.75 Å². The van der Waals surface area contributed by atoms with Gasteiger partial charge in [-0.15, -0.1) is 0 Å². The molecule has 0 spiro atoms. The van der Waals surface area contributed by atoms with Crippen molar-refractivity contribution in [2.45, 2.75) is 45.4 Å². The SMILES string of the molecule is CCOc1cncc(C(=O)CCC2CCCC2)c1. The largest absolute Gasteiger partial charge is 0.492 e. The van der Waals surface area contributed by atoms with Crippen LogP contribution < -0.4 is 4.74 Å². The molecule has 98 valence electrons. The molecule has 0 amide bonds. The molecule has 1 heterocycles. The molecule has 0 unspecified atom stereocenters. The molecule has 0 atom stereocenters. The molecule has 0 radical (unpaired) electrons. The summed E-state index contributed by atoms with van der Waals surface area (Å²) in [7, 11) is 0. The third-order valence-corrected chi connectivity index (χ3v) is 3.60. The molecule has 0 aliphatic heterocycles. The number of carbonyl (C=O) groups is 1. The van der Waals surface area contributed by atoms with Crippen molar-refractivity contribution < 1.29 is 9.53 Å². The van der Waals surface area contributed by atoms with Gasteiger partial charge in [-0.25, -0.2) is 0 Å². The highest BCUT2D eigenvalue weighted by atomic mass is 16.5. The third-order valence-electron chi connectivity index (χ3n) is 3.60. The van der Waals surface area contributed by atoms with E-state index in [1.807, 2.05) is 6.92 Å². The lowest BCUT2D eigenvalue weighted by atomic mass is 9.98. The Kier molecular flexibility index (Phi) is 4.73. The summed E-state index contributed by atoms with van der Waals surface area (Å²) in [6.45, 7) is 2.52. The molecule has 1 aromatic rings. The van der Waals surface area contributed by atoms with Crippen LogP contribution in [0.4, 0.5) is 0 Å². The Morgan fingerprint density at radius 3 is 2.89 bits per heavy atom. The van der Waals surface area contributed by atoms with E-state index in [0.29, 0.717) is 24.3 Å². The summed E-state index contributed by atoms with van der Waals surface area (Å²) in [5.74, 6) is 1.64. The van der Waals surface area contributed by atoms with Crippen LogP contribution in [0.5, 0.6) is 5.75 Å². The highest BCUT2D eigenvalue weighted by molar-refractivity contribution is 5.96. The minimum Gasteiger partial charge on any atom is -0.492 e. The van der Waals surface area contributed by atoms with Crippen LogP contribution in [0.25, 0.3) is 0 Å². The second-order valence-electron chi connectivity index (χ2n) is 4.95. The van der Waals surface area contributed by atoms with Crippen molar-refractivity contribution in [3.8, 4) is 5.75 Å². The van der Waals surface area contributed by atoms with Gasteiger partial charge in [0.05, 0.1) is 12.8 Å². The smallest absolute Gasteiger partial charge is 0.164 e. The van der Waals surface area contributed by atoms with Gasteiger partial charge >= 0.3 is 0 Å². The van der Waals surface area contributed by atoms with Crippen LogP contribution in [0.1, 0.15) is 55.8 Å². The second kappa shape index (κ2) is 6.53. The first-order valence-electron chi connectivity index (χ1n) is 6.90. The summed E-state index contributed by atoms with van der Waals surface area (Å²) < 4.78 is 5.36.